The molecule has 1 aromatic carbocycles. The van der Waals surface area contributed by atoms with Gasteiger partial charge in [0, 0.05) is 6.21 Å². The van der Waals surface area contributed by atoms with Crippen molar-refractivity contribution < 1.29 is 0 Å². The van der Waals surface area contributed by atoms with Gasteiger partial charge in [-0.15, -0.1) is 0 Å². The van der Waals surface area contributed by atoms with E-state index in [0.29, 0.717) is 0 Å². The van der Waals surface area contributed by atoms with Gasteiger partial charge < -0.3 is 0 Å². The summed E-state index contributed by atoms with van der Waals surface area (Å²) < 4.78 is 0. The van der Waals surface area contributed by atoms with Gasteiger partial charge in [0.15, 0.2) is 0 Å². The van der Waals surface area contributed by atoms with Crippen molar-refractivity contribution in [1.82, 2.24) is 0 Å². The molecule has 0 aliphatic carbocycles. The highest BCUT2D eigenvalue weighted by Gasteiger charge is 2.00. The van der Waals surface area contributed by atoms with Gasteiger partial charge in [-0.2, -0.15) is 0 Å². The molecule has 0 unspecified atom stereocenters. The zero-order valence-corrected chi connectivity index (χ0v) is 6.20. The molecule has 0 fully saturated rings. The second kappa shape index (κ2) is 2.70. The molecule has 1 aliphatic rings. The summed E-state index contributed by atoms with van der Waals surface area (Å²) in [5, 5.41) is 0. The van der Waals surface area contributed by atoms with Crippen LogP contribution in [0.4, 0.5) is 0 Å². The minimum absolute atomic E-state index is 0.837. The standard InChI is InChI=1S/C10H9N/c1-2-4-9(5-3-1)10-6-7-11-8-10/h1-7H,8H2. The summed E-state index contributed by atoms with van der Waals surface area (Å²) in [6.07, 6.45) is 3.93. The predicted molar refractivity (Wildman–Crippen MR) is 47.8 cm³/mol. The van der Waals surface area contributed by atoms with E-state index in [9.17, 15) is 0 Å². The van der Waals surface area contributed by atoms with E-state index in [1.54, 1.807) is 0 Å². The van der Waals surface area contributed by atoms with E-state index < -0.39 is 0 Å². The summed E-state index contributed by atoms with van der Waals surface area (Å²) in [5.74, 6) is 0. The number of nitrogens with zero attached hydrogens (tertiary/aromatic N) is 1. The van der Waals surface area contributed by atoms with Crippen molar-refractivity contribution in [3.05, 3.63) is 42.0 Å². The number of hydrogen-bond donors (Lipinski definition) is 0. The Kier molecular flexibility index (Phi) is 1.56. The molecule has 0 radical (unpaired) electrons. The quantitative estimate of drug-likeness (QED) is 0.571. The van der Waals surface area contributed by atoms with Crippen LogP contribution in [-0.4, -0.2) is 12.8 Å². The van der Waals surface area contributed by atoms with Gasteiger partial charge in [-0.3, -0.25) is 4.99 Å². The van der Waals surface area contributed by atoms with E-state index in [1.807, 2.05) is 12.3 Å². The molecular weight excluding hydrogens is 134 g/mol. The van der Waals surface area contributed by atoms with Crippen LogP contribution in [0.3, 0.4) is 0 Å². The van der Waals surface area contributed by atoms with Gasteiger partial charge in [0.1, 0.15) is 0 Å². The SMILES string of the molecule is C1=NCC(c2ccccc2)=C1. The van der Waals surface area contributed by atoms with Gasteiger partial charge in [0.05, 0.1) is 6.54 Å². The lowest BCUT2D eigenvalue weighted by molar-refractivity contribution is 1.30. The van der Waals surface area contributed by atoms with Gasteiger partial charge in [0.25, 0.3) is 0 Å². The predicted octanol–water partition coefficient (Wildman–Crippen LogP) is 2.15. The van der Waals surface area contributed by atoms with E-state index in [-0.39, 0.29) is 0 Å². The van der Waals surface area contributed by atoms with Crippen molar-refractivity contribution in [1.29, 1.82) is 0 Å². The van der Waals surface area contributed by atoms with Gasteiger partial charge >= 0.3 is 0 Å². The third-order valence-corrected chi connectivity index (χ3v) is 1.79. The molecule has 0 atom stereocenters. The number of benzene rings is 1. The average molecular weight is 143 g/mol. The van der Waals surface area contributed by atoms with Crippen LogP contribution in [-0.2, 0) is 0 Å². The Bertz CT molecular complexity index is 296. The maximum Gasteiger partial charge on any atom is 0.0646 e. The molecular formula is C10H9N. The molecule has 54 valence electrons. The number of allylic oxidation sites excluding steroid dienone is 1. The fraction of sp³-hybridized carbons (Fsp3) is 0.100. The second-order valence-electron chi connectivity index (χ2n) is 2.55. The highest BCUT2D eigenvalue weighted by molar-refractivity contribution is 5.89. The molecule has 0 aromatic heterocycles. The van der Waals surface area contributed by atoms with Crippen molar-refractivity contribution in [3.8, 4) is 0 Å². The fourth-order valence-corrected chi connectivity index (χ4v) is 1.19. The first-order valence-corrected chi connectivity index (χ1v) is 3.71. The Hall–Kier alpha value is -1.37. The topological polar surface area (TPSA) is 12.4 Å². The summed E-state index contributed by atoms with van der Waals surface area (Å²) in [4.78, 5) is 4.12. The molecule has 1 aromatic rings. The van der Waals surface area contributed by atoms with E-state index in [1.165, 1.54) is 11.1 Å². The highest BCUT2D eigenvalue weighted by atomic mass is 14.7. The molecule has 0 saturated heterocycles. The fourth-order valence-electron chi connectivity index (χ4n) is 1.19. The van der Waals surface area contributed by atoms with E-state index in [4.69, 9.17) is 0 Å². The highest BCUT2D eigenvalue weighted by Crippen LogP contribution is 2.15. The molecule has 1 heteroatoms. The smallest absolute Gasteiger partial charge is 0.0646 e. The zero-order chi connectivity index (χ0) is 7.52. The molecule has 0 N–H and O–H groups in total. The largest absolute Gasteiger partial charge is 0.288 e. The van der Waals surface area contributed by atoms with Gasteiger partial charge in [0.2, 0.25) is 0 Å². The minimum Gasteiger partial charge on any atom is -0.288 e. The second-order valence-corrected chi connectivity index (χ2v) is 2.55. The average Bonchev–Trinajstić information content (AvgIpc) is 2.58. The number of aliphatic imine (C=N–C) groups is 1. The summed E-state index contributed by atoms with van der Waals surface area (Å²) in [7, 11) is 0. The van der Waals surface area contributed by atoms with Crippen LogP contribution in [0.1, 0.15) is 5.56 Å². The first-order chi connectivity index (χ1) is 5.47. The first-order valence-electron chi connectivity index (χ1n) is 3.71. The van der Waals surface area contributed by atoms with E-state index >= 15 is 0 Å². The monoisotopic (exact) mass is 143 g/mol. The normalized spacial score (nSPS) is 15.1. The number of hydrogen-bond acceptors (Lipinski definition) is 1. The minimum atomic E-state index is 0.837. The van der Waals surface area contributed by atoms with Crippen LogP contribution in [0, 0.1) is 0 Å². The number of rotatable bonds is 1. The summed E-state index contributed by atoms with van der Waals surface area (Å²) in [5.41, 5.74) is 2.59. The van der Waals surface area contributed by atoms with Crippen molar-refractivity contribution in [2.75, 3.05) is 6.54 Å². The Labute approximate surface area is 66.1 Å². The maximum absolute atomic E-state index is 4.12. The Morgan fingerprint density at radius 3 is 2.55 bits per heavy atom. The van der Waals surface area contributed by atoms with Crippen molar-refractivity contribution >= 4 is 11.8 Å². The van der Waals surface area contributed by atoms with Gasteiger partial charge in [-0.1, -0.05) is 30.3 Å². The molecule has 1 nitrogen and oxygen atoms in total. The molecule has 1 heterocycles. The van der Waals surface area contributed by atoms with Crippen molar-refractivity contribution in [3.63, 3.8) is 0 Å². The molecule has 0 saturated carbocycles. The van der Waals surface area contributed by atoms with Crippen molar-refractivity contribution in [2.45, 2.75) is 0 Å². The Balaban J connectivity index is 2.31. The molecule has 0 bridgehead atoms. The summed E-state index contributed by atoms with van der Waals surface area (Å²) >= 11 is 0. The Morgan fingerprint density at radius 2 is 1.91 bits per heavy atom. The molecule has 0 spiro atoms. The van der Waals surface area contributed by atoms with E-state index in [2.05, 4.69) is 35.3 Å². The van der Waals surface area contributed by atoms with Crippen LogP contribution in [0.5, 0.6) is 0 Å². The third kappa shape index (κ3) is 1.22. The summed E-state index contributed by atoms with van der Waals surface area (Å²) in [6, 6.07) is 10.4. The lowest BCUT2D eigenvalue weighted by Crippen LogP contribution is -1.82. The van der Waals surface area contributed by atoms with Crippen LogP contribution in [0.2, 0.25) is 0 Å². The van der Waals surface area contributed by atoms with E-state index in [0.717, 1.165) is 6.54 Å². The molecule has 2 rings (SSSR count). The molecule has 0 amide bonds. The lowest BCUT2D eigenvalue weighted by atomic mass is 10.1. The van der Waals surface area contributed by atoms with Crippen LogP contribution < -0.4 is 0 Å². The first kappa shape index (κ1) is 6.35. The Morgan fingerprint density at radius 1 is 1.09 bits per heavy atom. The van der Waals surface area contributed by atoms with Gasteiger partial charge in [-0.25, -0.2) is 0 Å². The van der Waals surface area contributed by atoms with Crippen LogP contribution in [0.15, 0.2) is 41.4 Å². The van der Waals surface area contributed by atoms with Crippen LogP contribution in [0.25, 0.3) is 5.57 Å². The molecule has 1 aliphatic heterocycles. The zero-order valence-electron chi connectivity index (χ0n) is 6.20. The molecule has 11 heavy (non-hydrogen) atoms. The van der Waals surface area contributed by atoms with Gasteiger partial charge in [-0.05, 0) is 17.2 Å². The van der Waals surface area contributed by atoms with Crippen molar-refractivity contribution in [2.24, 2.45) is 4.99 Å². The third-order valence-electron chi connectivity index (χ3n) is 1.79. The maximum atomic E-state index is 4.12. The summed E-state index contributed by atoms with van der Waals surface area (Å²) in [6.45, 7) is 0.837. The lowest BCUT2D eigenvalue weighted by Gasteiger charge is -1.98. The van der Waals surface area contributed by atoms with Crippen LogP contribution >= 0.6 is 0 Å².